The maximum atomic E-state index is 6.45. The number of nitrogens with one attached hydrogen (secondary N) is 1. The molecular weight excluding hydrogens is 484 g/mol. The Labute approximate surface area is 203 Å². The van der Waals surface area contributed by atoms with E-state index in [4.69, 9.17) is 14.2 Å². The van der Waals surface area contributed by atoms with Crippen molar-refractivity contribution in [2.45, 2.75) is 45.3 Å². The molecule has 0 radical (unpaired) electrons. The first-order valence-electron chi connectivity index (χ1n) is 11.1. The zero-order valence-corrected chi connectivity index (χ0v) is 21.4. The number of anilines is 2. The first-order chi connectivity index (χ1) is 15.8. The normalized spacial score (nSPS) is 15.5. The van der Waals surface area contributed by atoms with Gasteiger partial charge in [-0.15, -0.1) is 0 Å². The molecule has 8 heteroatoms. The van der Waals surface area contributed by atoms with E-state index < -0.39 is 0 Å². The van der Waals surface area contributed by atoms with Crippen LogP contribution in [-0.2, 0) is 0 Å². The molecule has 1 saturated heterocycles. The number of aromatic nitrogens is 2. The van der Waals surface area contributed by atoms with E-state index in [9.17, 15) is 0 Å². The average Bonchev–Trinajstić information content (AvgIpc) is 2.79. The van der Waals surface area contributed by atoms with Crippen LogP contribution in [-0.4, -0.2) is 53.8 Å². The van der Waals surface area contributed by atoms with Gasteiger partial charge in [0.25, 0.3) is 0 Å². The molecule has 0 unspecified atom stereocenters. The van der Waals surface area contributed by atoms with Crippen LogP contribution in [0.15, 0.2) is 41.1 Å². The third kappa shape index (κ3) is 5.33. The predicted octanol–water partition coefficient (Wildman–Crippen LogP) is 5.79. The molecule has 0 saturated carbocycles. The largest absolute Gasteiger partial charge is 0.495 e. The molecule has 1 aliphatic rings. The van der Waals surface area contributed by atoms with Crippen molar-refractivity contribution in [2.24, 2.45) is 0 Å². The van der Waals surface area contributed by atoms with Gasteiger partial charge >= 0.3 is 0 Å². The van der Waals surface area contributed by atoms with Gasteiger partial charge in [0, 0.05) is 34.6 Å². The fraction of sp³-hybridized carbons (Fsp3) is 0.440. The lowest BCUT2D eigenvalue weighted by molar-refractivity contribution is 0.0481. The minimum absolute atomic E-state index is 0.140. The maximum absolute atomic E-state index is 6.45. The Kier molecular flexibility index (Phi) is 6.95. The SMILES string of the molecule is COc1ccc(Br)cc1Nc1ncnc2cc(OC)c(OC3CCN(C(C)(C)C)CC3)cc12. The minimum atomic E-state index is 0.140. The monoisotopic (exact) mass is 514 g/mol. The van der Waals surface area contributed by atoms with Gasteiger partial charge in [-0.2, -0.15) is 0 Å². The molecule has 0 spiro atoms. The number of fused-ring (bicyclic) bond motifs is 1. The molecule has 0 aliphatic carbocycles. The highest BCUT2D eigenvalue weighted by molar-refractivity contribution is 9.10. The standard InChI is InChI=1S/C25H31BrN4O3/c1-25(2,3)30-10-8-17(9-11-30)33-23-13-18-19(14-22(23)32-5)27-15-28-24(18)29-20-12-16(26)6-7-21(20)31-4/h6-7,12-15,17H,8-11H2,1-5H3,(H,27,28,29). The van der Waals surface area contributed by atoms with E-state index in [0.717, 1.165) is 52.7 Å². The second-order valence-electron chi connectivity index (χ2n) is 9.19. The summed E-state index contributed by atoms with van der Waals surface area (Å²) < 4.78 is 18.5. The van der Waals surface area contributed by atoms with Gasteiger partial charge in [0.1, 0.15) is 24.0 Å². The number of piperidine rings is 1. The van der Waals surface area contributed by atoms with Crippen LogP contribution in [0.25, 0.3) is 10.9 Å². The highest BCUT2D eigenvalue weighted by atomic mass is 79.9. The van der Waals surface area contributed by atoms with E-state index >= 15 is 0 Å². The van der Waals surface area contributed by atoms with Crippen LogP contribution in [0, 0.1) is 0 Å². The third-order valence-electron chi connectivity index (χ3n) is 6.02. The molecule has 176 valence electrons. The molecule has 0 atom stereocenters. The fourth-order valence-corrected chi connectivity index (χ4v) is 4.51. The number of halogens is 1. The molecule has 1 fully saturated rings. The first-order valence-corrected chi connectivity index (χ1v) is 11.9. The summed E-state index contributed by atoms with van der Waals surface area (Å²) in [6.45, 7) is 8.81. The van der Waals surface area contributed by atoms with E-state index in [1.54, 1.807) is 14.2 Å². The van der Waals surface area contributed by atoms with E-state index in [0.29, 0.717) is 17.3 Å². The van der Waals surface area contributed by atoms with Crippen molar-refractivity contribution >= 4 is 38.3 Å². The highest BCUT2D eigenvalue weighted by Gasteiger charge is 2.28. The molecule has 1 N–H and O–H groups in total. The van der Waals surface area contributed by atoms with Gasteiger partial charge in [-0.1, -0.05) is 15.9 Å². The number of likely N-dealkylation sites (tertiary alicyclic amines) is 1. The van der Waals surface area contributed by atoms with Crippen LogP contribution in [0.3, 0.4) is 0 Å². The van der Waals surface area contributed by atoms with E-state index in [1.807, 2.05) is 30.3 Å². The van der Waals surface area contributed by atoms with Crippen LogP contribution >= 0.6 is 15.9 Å². The average molecular weight is 515 g/mol. The first kappa shape index (κ1) is 23.6. The smallest absolute Gasteiger partial charge is 0.162 e. The summed E-state index contributed by atoms with van der Waals surface area (Å²) in [5.74, 6) is 2.77. The predicted molar refractivity (Wildman–Crippen MR) is 135 cm³/mol. The number of hydrogen-bond acceptors (Lipinski definition) is 7. The Hall–Kier alpha value is -2.58. The summed E-state index contributed by atoms with van der Waals surface area (Å²) in [5.41, 5.74) is 1.75. The lowest BCUT2D eigenvalue weighted by Gasteiger charge is -2.40. The Bertz CT molecular complexity index is 1120. The molecule has 0 amide bonds. The van der Waals surface area contributed by atoms with E-state index in [-0.39, 0.29) is 11.6 Å². The molecule has 3 aromatic rings. The fourth-order valence-electron chi connectivity index (χ4n) is 4.14. The number of hydrogen-bond donors (Lipinski definition) is 1. The summed E-state index contributed by atoms with van der Waals surface area (Å²) in [4.78, 5) is 11.4. The molecule has 1 aromatic heterocycles. The van der Waals surface area contributed by atoms with Crippen LogP contribution in [0.4, 0.5) is 11.5 Å². The Balaban J connectivity index is 1.63. The van der Waals surface area contributed by atoms with Gasteiger partial charge in [0.15, 0.2) is 11.5 Å². The summed E-state index contributed by atoms with van der Waals surface area (Å²) >= 11 is 3.52. The Morgan fingerprint density at radius 2 is 1.70 bits per heavy atom. The van der Waals surface area contributed by atoms with Gasteiger partial charge in [-0.3, -0.25) is 4.90 Å². The second kappa shape index (κ2) is 9.73. The van der Waals surface area contributed by atoms with Gasteiger partial charge in [-0.05, 0) is 57.9 Å². The van der Waals surface area contributed by atoms with Gasteiger partial charge < -0.3 is 19.5 Å². The summed E-state index contributed by atoms with van der Waals surface area (Å²) in [6.07, 6.45) is 3.63. The third-order valence-corrected chi connectivity index (χ3v) is 6.51. The zero-order chi connectivity index (χ0) is 23.6. The van der Waals surface area contributed by atoms with Crippen LogP contribution in [0.5, 0.6) is 17.2 Å². The number of nitrogens with zero attached hydrogens (tertiary/aromatic N) is 3. The Morgan fingerprint density at radius 3 is 2.36 bits per heavy atom. The minimum Gasteiger partial charge on any atom is -0.495 e. The molecule has 4 rings (SSSR count). The van der Waals surface area contributed by atoms with Crippen molar-refractivity contribution in [1.29, 1.82) is 0 Å². The van der Waals surface area contributed by atoms with Crippen LogP contribution < -0.4 is 19.5 Å². The van der Waals surface area contributed by atoms with Gasteiger partial charge in [0.05, 0.1) is 25.4 Å². The van der Waals surface area contributed by atoms with E-state index in [2.05, 4.69) is 56.9 Å². The summed E-state index contributed by atoms with van der Waals surface area (Å²) in [5, 5.41) is 4.24. The number of benzene rings is 2. The molecule has 2 aromatic carbocycles. The number of methoxy groups -OCH3 is 2. The van der Waals surface area contributed by atoms with Crippen molar-refractivity contribution in [2.75, 3.05) is 32.6 Å². The summed E-state index contributed by atoms with van der Waals surface area (Å²) in [6, 6.07) is 9.66. The zero-order valence-electron chi connectivity index (χ0n) is 19.8. The molecule has 33 heavy (non-hydrogen) atoms. The molecular formula is C25H31BrN4O3. The van der Waals surface area contributed by atoms with Crippen molar-refractivity contribution in [1.82, 2.24) is 14.9 Å². The van der Waals surface area contributed by atoms with Crippen molar-refractivity contribution in [3.05, 3.63) is 41.1 Å². The highest BCUT2D eigenvalue weighted by Crippen LogP contribution is 2.38. The maximum Gasteiger partial charge on any atom is 0.162 e. The van der Waals surface area contributed by atoms with E-state index in [1.165, 1.54) is 6.33 Å². The van der Waals surface area contributed by atoms with Crippen molar-refractivity contribution in [3.8, 4) is 17.2 Å². The van der Waals surface area contributed by atoms with Gasteiger partial charge in [0.2, 0.25) is 0 Å². The lowest BCUT2D eigenvalue weighted by atomic mass is 9.99. The molecule has 0 bridgehead atoms. The molecule has 7 nitrogen and oxygen atoms in total. The van der Waals surface area contributed by atoms with Crippen molar-refractivity contribution in [3.63, 3.8) is 0 Å². The lowest BCUT2D eigenvalue weighted by Crippen LogP contribution is -2.48. The summed E-state index contributed by atoms with van der Waals surface area (Å²) in [7, 11) is 3.30. The second-order valence-corrected chi connectivity index (χ2v) is 10.1. The Morgan fingerprint density at radius 1 is 0.970 bits per heavy atom. The molecule has 2 heterocycles. The number of ether oxygens (including phenoxy) is 3. The quantitative estimate of drug-likeness (QED) is 0.445. The van der Waals surface area contributed by atoms with Crippen LogP contribution in [0.1, 0.15) is 33.6 Å². The van der Waals surface area contributed by atoms with Crippen molar-refractivity contribution < 1.29 is 14.2 Å². The number of rotatable bonds is 6. The topological polar surface area (TPSA) is 68.7 Å². The van der Waals surface area contributed by atoms with Gasteiger partial charge in [-0.25, -0.2) is 9.97 Å². The van der Waals surface area contributed by atoms with Crippen LogP contribution in [0.2, 0.25) is 0 Å². The molecule has 1 aliphatic heterocycles.